The van der Waals surface area contributed by atoms with Gasteiger partial charge in [-0.2, -0.15) is 0 Å². The Labute approximate surface area is 126 Å². The summed E-state index contributed by atoms with van der Waals surface area (Å²) in [5.74, 6) is 1.47. The molecule has 2 heterocycles. The van der Waals surface area contributed by atoms with E-state index in [-0.39, 0.29) is 0 Å². The first-order chi connectivity index (χ1) is 9.67. The fraction of sp³-hybridized carbons (Fsp3) is 0.800. The summed E-state index contributed by atoms with van der Waals surface area (Å²) in [6.07, 6.45) is 2.61. The standard InChI is InChI=1S/C15H26N4S/c1-11(2)10-18-5-7-19(8-6-18)15-17-14(12-3-4-12)13(9-16)20-15/h11-12H,3-10,16H2,1-2H3. The third-order valence-electron chi connectivity index (χ3n) is 4.13. The molecule has 4 nitrogen and oxygen atoms in total. The van der Waals surface area contributed by atoms with Gasteiger partial charge in [-0.25, -0.2) is 4.98 Å². The van der Waals surface area contributed by atoms with Gasteiger partial charge in [0.1, 0.15) is 0 Å². The Kier molecular flexibility index (Phi) is 4.29. The second-order valence-corrected chi connectivity index (χ2v) is 7.53. The van der Waals surface area contributed by atoms with Crippen molar-refractivity contribution >= 4 is 16.5 Å². The zero-order valence-corrected chi connectivity index (χ0v) is 13.5. The molecule has 5 heteroatoms. The largest absolute Gasteiger partial charge is 0.346 e. The number of thiazole rings is 1. The van der Waals surface area contributed by atoms with Crippen molar-refractivity contribution in [1.82, 2.24) is 9.88 Å². The molecule has 1 aliphatic carbocycles. The van der Waals surface area contributed by atoms with E-state index in [1.807, 2.05) is 11.3 Å². The molecule has 0 bridgehead atoms. The average molecular weight is 294 g/mol. The lowest BCUT2D eigenvalue weighted by Gasteiger charge is -2.35. The van der Waals surface area contributed by atoms with E-state index in [4.69, 9.17) is 10.7 Å². The fourth-order valence-electron chi connectivity index (χ4n) is 2.95. The number of rotatable bonds is 5. The zero-order chi connectivity index (χ0) is 14.1. The molecule has 0 aromatic carbocycles. The van der Waals surface area contributed by atoms with E-state index in [2.05, 4.69) is 23.6 Å². The summed E-state index contributed by atoms with van der Waals surface area (Å²) in [5.41, 5.74) is 7.18. The molecule has 1 aromatic heterocycles. The molecule has 20 heavy (non-hydrogen) atoms. The van der Waals surface area contributed by atoms with Crippen LogP contribution >= 0.6 is 11.3 Å². The van der Waals surface area contributed by atoms with E-state index in [1.54, 1.807) is 0 Å². The maximum absolute atomic E-state index is 5.88. The number of hydrogen-bond donors (Lipinski definition) is 1. The number of anilines is 1. The first-order valence-electron chi connectivity index (χ1n) is 7.84. The topological polar surface area (TPSA) is 45.4 Å². The predicted octanol–water partition coefficient (Wildman–Crippen LogP) is 2.26. The van der Waals surface area contributed by atoms with Gasteiger partial charge in [-0.15, -0.1) is 11.3 Å². The highest BCUT2D eigenvalue weighted by Gasteiger charge is 2.30. The van der Waals surface area contributed by atoms with Gasteiger partial charge in [0.05, 0.1) is 5.69 Å². The molecule has 3 rings (SSSR count). The summed E-state index contributed by atoms with van der Waals surface area (Å²) in [4.78, 5) is 11.2. The number of nitrogens with two attached hydrogens (primary N) is 1. The molecule has 1 saturated heterocycles. The molecule has 0 radical (unpaired) electrons. The summed E-state index contributed by atoms with van der Waals surface area (Å²) in [5, 5.41) is 1.21. The molecule has 0 spiro atoms. The monoisotopic (exact) mass is 294 g/mol. The van der Waals surface area contributed by atoms with Gasteiger partial charge in [-0.05, 0) is 18.8 Å². The second-order valence-electron chi connectivity index (χ2n) is 6.46. The van der Waals surface area contributed by atoms with Crippen LogP contribution in [0.3, 0.4) is 0 Å². The molecular weight excluding hydrogens is 268 g/mol. The van der Waals surface area contributed by atoms with E-state index in [0.717, 1.165) is 32.1 Å². The molecular formula is C15H26N4S. The van der Waals surface area contributed by atoms with Crippen LogP contribution in [0.5, 0.6) is 0 Å². The van der Waals surface area contributed by atoms with E-state index < -0.39 is 0 Å². The van der Waals surface area contributed by atoms with Crippen molar-refractivity contribution < 1.29 is 0 Å². The number of hydrogen-bond acceptors (Lipinski definition) is 5. The minimum Gasteiger partial charge on any atom is -0.346 e. The van der Waals surface area contributed by atoms with Gasteiger partial charge in [-0.1, -0.05) is 13.8 Å². The van der Waals surface area contributed by atoms with Gasteiger partial charge in [-0.3, -0.25) is 4.90 Å². The summed E-state index contributed by atoms with van der Waals surface area (Å²) in [7, 11) is 0. The SMILES string of the molecule is CC(C)CN1CCN(c2nc(C3CC3)c(CN)s2)CC1. The molecule has 0 atom stereocenters. The zero-order valence-electron chi connectivity index (χ0n) is 12.6. The second kappa shape index (κ2) is 6.00. The molecule has 0 amide bonds. The van der Waals surface area contributed by atoms with Crippen LogP contribution in [0.1, 0.15) is 43.2 Å². The Morgan fingerprint density at radius 2 is 1.95 bits per heavy atom. The van der Waals surface area contributed by atoms with E-state index in [0.29, 0.717) is 12.5 Å². The van der Waals surface area contributed by atoms with Crippen LogP contribution < -0.4 is 10.6 Å². The Balaban J connectivity index is 1.63. The molecule has 2 fully saturated rings. The van der Waals surface area contributed by atoms with Gasteiger partial charge < -0.3 is 10.6 Å². The van der Waals surface area contributed by atoms with Crippen molar-refractivity contribution in [2.45, 2.75) is 39.2 Å². The normalized spacial score (nSPS) is 20.9. The van der Waals surface area contributed by atoms with Crippen LogP contribution in [0, 0.1) is 5.92 Å². The average Bonchev–Trinajstić information content (AvgIpc) is 3.18. The fourth-order valence-corrected chi connectivity index (χ4v) is 4.02. The summed E-state index contributed by atoms with van der Waals surface area (Å²) in [6, 6.07) is 0. The van der Waals surface area contributed by atoms with Gasteiger partial charge >= 0.3 is 0 Å². The lowest BCUT2D eigenvalue weighted by molar-refractivity contribution is 0.231. The van der Waals surface area contributed by atoms with Crippen LogP contribution in [-0.2, 0) is 6.54 Å². The van der Waals surface area contributed by atoms with E-state index >= 15 is 0 Å². The lowest BCUT2D eigenvalue weighted by atomic mass is 10.2. The summed E-state index contributed by atoms with van der Waals surface area (Å²) >= 11 is 1.82. The molecule has 0 unspecified atom stereocenters. The van der Waals surface area contributed by atoms with Gasteiger partial charge in [0.15, 0.2) is 5.13 Å². The molecule has 2 aliphatic rings. The molecule has 2 N–H and O–H groups in total. The Bertz CT molecular complexity index is 445. The van der Waals surface area contributed by atoms with Crippen molar-refractivity contribution in [3.05, 3.63) is 10.6 Å². The van der Waals surface area contributed by atoms with E-state index in [1.165, 1.54) is 35.1 Å². The van der Waals surface area contributed by atoms with Crippen LogP contribution in [0.25, 0.3) is 0 Å². The first-order valence-corrected chi connectivity index (χ1v) is 8.66. The first kappa shape index (κ1) is 14.3. The minimum absolute atomic E-state index is 0.650. The lowest BCUT2D eigenvalue weighted by Crippen LogP contribution is -2.47. The Morgan fingerprint density at radius 1 is 1.25 bits per heavy atom. The van der Waals surface area contributed by atoms with Crippen LogP contribution in [-0.4, -0.2) is 42.6 Å². The molecule has 1 saturated carbocycles. The smallest absolute Gasteiger partial charge is 0.185 e. The predicted molar refractivity (Wildman–Crippen MR) is 85.5 cm³/mol. The minimum atomic E-state index is 0.650. The van der Waals surface area contributed by atoms with Crippen LogP contribution in [0.2, 0.25) is 0 Å². The summed E-state index contributed by atoms with van der Waals surface area (Å²) in [6.45, 7) is 11.0. The van der Waals surface area contributed by atoms with Gasteiger partial charge in [0, 0.05) is 50.1 Å². The third kappa shape index (κ3) is 3.15. The van der Waals surface area contributed by atoms with Crippen LogP contribution in [0.15, 0.2) is 0 Å². The number of piperazine rings is 1. The number of aromatic nitrogens is 1. The van der Waals surface area contributed by atoms with Gasteiger partial charge in [0.2, 0.25) is 0 Å². The van der Waals surface area contributed by atoms with Gasteiger partial charge in [0.25, 0.3) is 0 Å². The molecule has 112 valence electrons. The van der Waals surface area contributed by atoms with Crippen molar-refractivity contribution in [3.63, 3.8) is 0 Å². The number of nitrogens with zero attached hydrogens (tertiary/aromatic N) is 3. The highest BCUT2D eigenvalue weighted by Crippen LogP contribution is 2.44. The quantitative estimate of drug-likeness (QED) is 0.905. The maximum Gasteiger partial charge on any atom is 0.185 e. The molecule has 1 aliphatic heterocycles. The van der Waals surface area contributed by atoms with Crippen molar-refractivity contribution in [2.24, 2.45) is 11.7 Å². The van der Waals surface area contributed by atoms with Crippen molar-refractivity contribution in [2.75, 3.05) is 37.6 Å². The molecule has 1 aromatic rings. The summed E-state index contributed by atoms with van der Waals surface area (Å²) < 4.78 is 0. The van der Waals surface area contributed by atoms with E-state index in [9.17, 15) is 0 Å². The third-order valence-corrected chi connectivity index (χ3v) is 5.29. The van der Waals surface area contributed by atoms with Crippen molar-refractivity contribution in [1.29, 1.82) is 0 Å². The Morgan fingerprint density at radius 3 is 2.50 bits per heavy atom. The maximum atomic E-state index is 5.88. The highest BCUT2D eigenvalue weighted by molar-refractivity contribution is 7.15. The Hall–Kier alpha value is -0.650. The van der Waals surface area contributed by atoms with Crippen molar-refractivity contribution in [3.8, 4) is 0 Å². The highest BCUT2D eigenvalue weighted by atomic mass is 32.1. The van der Waals surface area contributed by atoms with Crippen LogP contribution in [0.4, 0.5) is 5.13 Å².